The van der Waals surface area contributed by atoms with Gasteiger partial charge in [-0.2, -0.15) is 0 Å². The van der Waals surface area contributed by atoms with Crippen LogP contribution in [0.1, 0.15) is 30.9 Å². The fraction of sp³-hybridized carbons (Fsp3) is 0.500. The molecule has 1 aromatic carbocycles. The van der Waals surface area contributed by atoms with E-state index >= 15 is 0 Å². The van der Waals surface area contributed by atoms with Gasteiger partial charge in [-0.05, 0) is 36.1 Å². The van der Waals surface area contributed by atoms with E-state index in [2.05, 4.69) is 19.2 Å². The quantitative estimate of drug-likeness (QED) is 0.857. The summed E-state index contributed by atoms with van der Waals surface area (Å²) in [6.07, 6.45) is 1.72. The Morgan fingerprint density at radius 2 is 1.93 bits per heavy atom. The Labute approximate surface area is 94.5 Å². The molecular formula is C12H19NOS. The first-order chi connectivity index (χ1) is 6.97. The smallest absolute Gasteiger partial charge is 0.0498 e. The number of anilines is 1. The molecule has 0 radical (unpaired) electrons. The molecule has 1 N–H and O–H groups in total. The molecule has 0 aliphatic heterocycles. The lowest BCUT2D eigenvalue weighted by Crippen LogP contribution is -2.02. The van der Waals surface area contributed by atoms with Gasteiger partial charge in [0.1, 0.15) is 0 Å². The zero-order valence-corrected chi connectivity index (χ0v) is 10.9. The first-order valence-electron chi connectivity index (χ1n) is 5.13. The second-order valence-corrected chi connectivity index (χ2v) is 5.44. The SMILES string of the molecule is CNc1c(C)cc(S(C)=O)cc1C(C)C. The predicted molar refractivity (Wildman–Crippen MR) is 67.1 cm³/mol. The van der Waals surface area contributed by atoms with Gasteiger partial charge in [0.2, 0.25) is 0 Å². The van der Waals surface area contributed by atoms with Crippen molar-refractivity contribution in [1.82, 2.24) is 0 Å². The highest BCUT2D eigenvalue weighted by Crippen LogP contribution is 2.29. The molecule has 2 nitrogen and oxygen atoms in total. The Kier molecular flexibility index (Phi) is 3.91. The minimum atomic E-state index is -0.904. The van der Waals surface area contributed by atoms with Crippen LogP contribution in [0.25, 0.3) is 0 Å². The third-order valence-electron chi connectivity index (χ3n) is 2.54. The maximum absolute atomic E-state index is 11.5. The normalized spacial score (nSPS) is 12.9. The standard InChI is InChI=1S/C12H19NOS/c1-8(2)11-7-10(15(5)14)6-9(3)12(11)13-4/h6-8,13H,1-5H3. The third-order valence-corrected chi connectivity index (χ3v) is 3.44. The molecular weight excluding hydrogens is 206 g/mol. The van der Waals surface area contributed by atoms with E-state index in [-0.39, 0.29) is 0 Å². The highest BCUT2D eigenvalue weighted by Gasteiger charge is 2.11. The number of rotatable bonds is 3. The first-order valence-corrected chi connectivity index (χ1v) is 6.69. The largest absolute Gasteiger partial charge is 0.388 e. The van der Waals surface area contributed by atoms with Gasteiger partial charge in [-0.1, -0.05) is 13.8 Å². The van der Waals surface area contributed by atoms with E-state index in [4.69, 9.17) is 0 Å². The van der Waals surface area contributed by atoms with Crippen LogP contribution in [-0.4, -0.2) is 17.5 Å². The van der Waals surface area contributed by atoms with Gasteiger partial charge < -0.3 is 5.32 Å². The van der Waals surface area contributed by atoms with Gasteiger partial charge in [-0.15, -0.1) is 0 Å². The van der Waals surface area contributed by atoms with Crippen molar-refractivity contribution in [1.29, 1.82) is 0 Å². The molecule has 0 amide bonds. The highest BCUT2D eigenvalue weighted by molar-refractivity contribution is 7.84. The molecule has 0 spiro atoms. The Morgan fingerprint density at radius 1 is 1.33 bits per heavy atom. The molecule has 1 aromatic rings. The van der Waals surface area contributed by atoms with Gasteiger partial charge in [0.05, 0.1) is 0 Å². The summed E-state index contributed by atoms with van der Waals surface area (Å²) in [5.74, 6) is 0.439. The lowest BCUT2D eigenvalue weighted by atomic mass is 9.98. The molecule has 0 saturated carbocycles. The summed E-state index contributed by atoms with van der Waals surface area (Å²) in [5.41, 5.74) is 3.57. The van der Waals surface area contributed by atoms with Crippen molar-refractivity contribution in [3.05, 3.63) is 23.3 Å². The summed E-state index contributed by atoms with van der Waals surface area (Å²) in [4.78, 5) is 0.912. The van der Waals surface area contributed by atoms with Crippen molar-refractivity contribution < 1.29 is 4.21 Å². The second-order valence-electron chi connectivity index (χ2n) is 4.06. The molecule has 0 heterocycles. The number of hydrogen-bond acceptors (Lipinski definition) is 2. The molecule has 1 atom stereocenters. The third kappa shape index (κ3) is 2.59. The highest BCUT2D eigenvalue weighted by atomic mass is 32.2. The van der Waals surface area contributed by atoms with Crippen molar-refractivity contribution in [3.8, 4) is 0 Å². The Hall–Kier alpha value is -0.830. The van der Waals surface area contributed by atoms with Crippen molar-refractivity contribution >= 4 is 16.5 Å². The molecule has 0 bridgehead atoms. The maximum atomic E-state index is 11.5. The fourth-order valence-electron chi connectivity index (χ4n) is 1.74. The fourth-order valence-corrected chi connectivity index (χ4v) is 2.38. The van der Waals surface area contributed by atoms with Crippen molar-refractivity contribution in [3.63, 3.8) is 0 Å². The maximum Gasteiger partial charge on any atom is 0.0498 e. The zero-order valence-electron chi connectivity index (χ0n) is 10.0. The van der Waals surface area contributed by atoms with Crippen molar-refractivity contribution in [2.45, 2.75) is 31.6 Å². The molecule has 0 fully saturated rings. The molecule has 84 valence electrons. The van der Waals surface area contributed by atoms with Crippen LogP contribution in [0.3, 0.4) is 0 Å². The van der Waals surface area contributed by atoms with Crippen molar-refractivity contribution in [2.24, 2.45) is 0 Å². The Bertz CT molecular complexity index is 385. The van der Waals surface area contributed by atoms with E-state index in [0.717, 1.165) is 10.5 Å². The zero-order chi connectivity index (χ0) is 11.6. The number of hydrogen-bond donors (Lipinski definition) is 1. The average molecular weight is 225 g/mol. The molecule has 0 aliphatic rings. The molecule has 1 unspecified atom stereocenters. The van der Waals surface area contributed by atoms with Gasteiger partial charge in [0, 0.05) is 34.7 Å². The van der Waals surface area contributed by atoms with E-state index in [1.54, 1.807) is 6.26 Å². The summed E-state index contributed by atoms with van der Waals surface area (Å²) in [5, 5.41) is 3.21. The first kappa shape index (κ1) is 12.2. The Morgan fingerprint density at radius 3 is 2.33 bits per heavy atom. The molecule has 0 saturated heterocycles. The molecule has 0 aromatic heterocycles. The average Bonchev–Trinajstić information content (AvgIpc) is 2.16. The lowest BCUT2D eigenvalue weighted by molar-refractivity contribution is 0.686. The summed E-state index contributed by atoms with van der Waals surface area (Å²) in [6, 6.07) is 4.04. The van der Waals surface area contributed by atoms with Crippen LogP contribution >= 0.6 is 0 Å². The summed E-state index contributed by atoms with van der Waals surface area (Å²) >= 11 is 0. The van der Waals surface area contributed by atoms with Gasteiger partial charge in [0.25, 0.3) is 0 Å². The Balaban J connectivity index is 3.38. The van der Waals surface area contributed by atoms with Gasteiger partial charge in [-0.25, -0.2) is 0 Å². The minimum absolute atomic E-state index is 0.439. The lowest BCUT2D eigenvalue weighted by Gasteiger charge is -2.16. The number of nitrogens with one attached hydrogen (secondary N) is 1. The van der Waals surface area contributed by atoms with Crippen molar-refractivity contribution in [2.75, 3.05) is 18.6 Å². The van der Waals surface area contributed by atoms with E-state index in [0.29, 0.717) is 5.92 Å². The number of benzene rings is 1. The second kappa shape index (κ2) is 4.79. The van der Waals surface area contributed by atoms with Crippen LogP contribution in [0.5, 0.6) is 0 Å². The summed E-state index contributed by atoms with van der Waals surface area (Å²) in [7, 11) is 1.02. The molecule has 0 aliphatic carbocycles. The van der Waals surface area contributed by atoms with Crippen LogP contribution in [0.15, 0.2) is 17.0 Å². The van der Waals surface area contributed by atoms with Crippen LogP contribution in [-0.2, 0) is 10.8 Å². The van der Waals surface area contributed by atoms with Gasteiger partial charge in [0.15, 0.2) is 0 Å². The monoisotopic (exact) mass is 225 g/mol. The van der Waals surface area contributed by atoms with E-state index in [9.17, 15) is 4.21 Å². The van der Waals surface area contributed by atoms with Crippen LogP contribution in [0.4, 0.5) is 5.69 Å². The summed E-state index contributed by atoms with van der Waals surface area (Å²) < 4.78 is 11.5. The topological polar surface area (TPSA) is 29.1 Å². The van der Waals surface area contributed by atoms with Gasteiger partial charge >= 0.3 is 0 Å². The predicted octanol–water partition coefficient (Wildman–Crippen LogP) is 2.90. The minimum Gasteiger partial charge on any atom is -0.388 e. The van der Waals surface area contributed by atoms with Crippen LogP contribution < -0.4 is 5.32 Å². The molecule has 1 rings (SSSR count). The molecule has 15 heavy (non-hydrogen) atoms. The molecule has 3 heteroatoms. The van der Waals surface area contributed by atoms with Crippen LogP contribution in [0.2, 0.25) is 0 Å². The van der Waals surface area contributed by atoms with Crippen LogP contribution in [0, 0.1) is 6.92 Å². The number of aryl methyl sites for hydroxylation is 1. The van der Waals surface area contributed by atoms with E-state index in [1.807, 2.05) is 26.1 Å². The van der Waals surface area contributed by atoms with E-state index in [1.165, 1.54) is 11.3 Å². The van der Waals surface area contributed by atoms with E-state index < -0.39 is 10.8 Å². The summed E-state index contributed by atoms with van der Waals surface area (Å²) in [6.45, 7) is 6.35. The van der Waals surface area contributed by atoms with Gasteiger partial charge in [-0.3, -0.25) is 4.21 Å².